The van der Waals surface area contributed by atoms with Crippen LogP contribution in [0.15, 0.2) is 30.3 Å². The number of halogens is 3. The number of fused-ring (bicyclic) bond motifs is 1. The fourth-order valence-corrected chi connectivity index (χ4v) is 6.90. The maximum absolute atomic E-state index is 13.0. The molecule has 0 aliphatic carbocycles. The van der Waals surface area contributed by atoms with Gasteiger partial charge in [0.2, 0.25) is 0 Å². The second-order valence-corrected chi connectivity index (χ2v) is 12.6. The van der Waals surface area contributed by atoms with E-state index in [4.69, 9.17) is 4.74 Å². The summed E-state index contributed by atoms with van der Waals surface area (Å²) in [5.41, 5.74) is 1.64. The molecule has 2 aliphatic heterocycles. The van der Waals surface area contributed by atoms with Crippen molar-refractivity contribution in [2.75, 3.05) is 50.0 Å². The molecule has 9 nitrogen and oxygen atoms in total. The van der Waals surface area contributed by atoms with Gasteiger partial charge in [-0.2, -0.15) is 31.6 Å². The summed E-state index contributed by atoms with van der Waals surface area (Å²) in [6, 6.07) is 9.04. The molecule has 2 saturated heterocycles. The normalized spacial score (nSPS) is 20.6. The van der Waals surface area contributed by atoms with E-state index >= 15 is 0 Å². The van der Waals surface area contributed by atoms with Gasteiger partial charge in [0.05, 0.1) is 18.9 Å². The van der Waals surface area contributed by atoms with Gasteiger partial charge >= 0.3 is 12.2 Å². The third-order valence-corrected chi connectivity index (χ3v) is 9.17. The summed E-state index contributed by atoms with van der Waals surface area (Å²) in [6.07, 6.45) is -3.30. The molecule has 4 heterocycles. The summed E-state index contributed by atoms with van der Waals surface area (Å²) >= 11 is 1.03. The highest BCUT2D eigenvalue weighted by Crippen LogP contribution is 2.44. The number of thiophene rings is 1. The van der Waals surface area contributed by atoms with Gasteiger partial charge in [-0.15, -0.1) is 11.3 Å². The smallest absolute Gasteiger partial charge is 0.393 e. The molecular weight excluding hydrogens is 541 g/mol. The molecule has 1 aromatic carbocycles. The Morgan fingerprint density at radius 1 is 1.13 bits per heavy atom. The van der Waals surface area contributed by atoms with Crippen LogP contribution in [0.2, 0.25) is 0 Å². The molecule has 1 unspecified atom stereocenters. The Labute approximate surface area is 223 Å². The van der Waals surface area contributed by atoms with E-state index in [1.165, 1.54) is 14.2 Å². The van der Waals surface area contributed by atoms with E-state index in [9.17, 15) is 21.6 Å². The standard InChI is InChI=1S/C24H29F3N6O3S2/c1-28-38(34,35)31-17-5-3-16(4-6-17)13-32-9-7-23(14-32)8-10-33(15-23)20-19-11-18(12-24(25,26)27)37-21(19)30-22(29-20)36-2/h3-6,11,28,31H,7-10,12-15H2,1-2H3. The number of methoxy groups -OCH3 is 1. The molecule has 2 N–H and O–H groups in total. The Morgan fingerprint density at radius 3 is 2.55 bits per heavy atom. The minimum absolute atomic E-state index is 0.0672. The van der Waals surface area contributed by atoms with Crippen molar-refractivity contribution in [2.24, 2.45) is 5.41 Å². The van der Waals surface area contributed by atoms with E-state index in [0.717, 1.165) is 62.5 Å². The maximum Gasteiger partial charge on any atom is 0.393 e. The summed E-state index contributed by atoms with van der Waals surface area (Å²) in [4.78, 5) is 14.1. The van der Waals surface area contributed by atoms with E-state index < -0.39 is 22.8 Å². The molecule has 0 amide bonds. The van der Waals surface area contributed by atoms with Gasteiger partial charge in [-0.05, 0) is 43.1 Å². The number of anilines is 2. The second-order valence-electron chi connectivity index (χ2n) is 9.90. The zero-order chi connectivity index (χ0) is 27.1. The molecular formula is C24H29F3N6O3S2. The lowest BCUT2D eigenvalue weighted by atomic mass is 9.86. The number of nitrogens with zero attached hydrogens (tertiary/aromatic N) is 4. The van der Waals surface area contributed by atoms with E-state index in [1.807, 2.05) is 12.1 Å². The van der Waals surface area contributed by atoms with Gasteiger partial charge in [-0.1, -0.05) is 12.1 Å². The van der Waals surface area contributed by atoms with Gasteiger partial charge in [0, 0.05) is 49.2 Å². The molecule has 2 aliphatic rings. The molecule has 2 aromatic heterocycles. The fourth-order valence-electron chi connectivity index (χ4n) is 5.31. The number of hydrogen-bond donors (Lipinski definition) is 2. The van der Waals surface area contributed by atoms with Crippen molar-refractivity contribution in [3.05, 3.63) is 40.8 Å². The number of nitrogens with one attached hydrogen (secondary N) is 2. The SMILES string of the molecule is CNS(=O)(=O)Nc1ccc(CN2CCC3(CCN(c4nc(OC)nc5sc(CC(F)(F)F)cc45)C3)C2)cc1. The fraction of sp³-hybridized carbons (Fsp3) is 0.500. The molecule has 14 heteroatoms. The molecule has 0 bridgehead atoms. The average Bonchev–Trinajstić information content (AvgIpc) is 3.57. The highest BCUT2D eigenvalue weighted by atomic mass is 32.2. The number of ether oxygens (including phenoxy) is 1. The van der Waals surface area contributed by atoms with Crippen LogP contribution in [0, 0.1) is 5.41 Å². The monoisotopic (exact) mass is 570 g/mol. The quantitative estimate of drug-likeness (QED) is 0.425. The highest BCUT2D eigenvalue weighted by Gasteiger charge is 2.44. The highest BCUT2D eigenvalue weighted by molar-refractivity contribution is 7.90. The minimum atomic E-state index is -4.29. The molecule has 0 saturated carbocycles. The first-order valence-electron chi connectivity index (χ1n) is 12.2. The van der Waals surface area contributed by atoms with Crippen molar-refractivity contribution in [1.29, 1.82) is 0 Å². The van der Waals surface area contributed by atoms with Gasteiger partial charge in [-0.25, -0.2) is 4.72 Å². The molecule has 1 atom stereocenters. The van der Waals surface area contributed by atoms with E-state index in [1.54, 1.807) is 18.2 Å². The van der Waals surface area contributed by atoms with E-state index in [-0.39, 0.29) is 16.3 Å². The maximum atomic E-state index is 13.0. The zero-order valence-electron chi connectivity index (χ0n) is 21.0. The second kappa shape index (κ2) is 10.1. The first-order chi connectivity index (χ1) is 18.0. The van der Waals surface area contributed by atoms with Crippen LogP contribution in [-0.4, -0.2) is 69.8 Å². The van der Waals surface area contributed by atoms with Gasteiger partial charge in [0.1, 0.15) is 10.6 Å². The predicted octanol–water partition coefficient (Wildman–Crippen LogP) is 3.78. The van der Waals surface area contributed by atoms with Gasteiger partial charge in [0.25, 0.3) is 10.2 Å². The van der Waals surface area contributed by atoms with Crippen molar-refractivity contribution in [2.45, 2.75) is 32.0 Å². The first kappa shape index (κ1) is 26.9. The van der Waals surface area contributed by atoms with Crippen molar-refractivity contribution < 1.29 is 26.3 Å². The predicted molar refractivity (Wildman–Crippen MR) is 141 cm³/mol. The molecule has 206 valence electrons. The minimum Gasteiger partial charge on any atom is -0.467 e. The number of benzene rings is 1. The van der Waals surface area contributed by atoms with Crippen molar-refractivity contribution in [1.82, 2.24) is 19.6 Å². The van der Waals surface area contributed by atoms with Crippen LogP contribution < -0.4 is 19.1 Å². The summed E-state index contributed by atoms with van der Waals surface area (Å²) in [5, 5.41) is 0.635. The number of alkyl halides is 3. The third kappa shape index (κ3) is 5.98. The van der Waals surface area contributed by atoms with Gasteiger partial charge < -0.3 is 9.64 Å². The average molecular weight is 571 g/mol. The number of likely N-dealkylation sites (tertiary alicyclic amines) is 1. The summed E-state index contributed by atoms with van der Waals surface area (Å²) in [6.45, 7) is 4.09. The summed E-state index contributed by atoms with van der Waals surface area (Å²) in [5.74, 6) is 0.631. The zero-order valence-corrected chi connectivity index (χ0v) is 22.6. The third-order valence-electron chi connectivity index (χ3n) is 7.10. The van der Waals surface area contributed by atoms with Crippen LogP contribution in [0.5, 0.6) is 6.01 Å². The largest absolute Gasteiger partial charge is 0.467 e. The Kier molecular flexibility index (Phi) is 7.18. The molecule has 0 radical (unpaired) electrons. The molecule has 1 spiro atoms. The Morgan fingerprint density at radius 2 is 1.87 bits per heavy atom. The van der Waals surface area contributed by atoms with Crippen LogP contribution >= 0.6 is 11.3 Å². The first-order valence-corrected chi connectivity index (χ1v) is 14.5. The Hall–Kier alpha value is -2.68. The van der Waals surface area contributed by atoms with Crippen molar-refractivity contribution >= 4 is 43.3 Å². The molecule has 2 fully saturated rings. The van der Waals surface area contributed by atoms with Crippen LogP contribution in [0.3, 0.4) is 0 Å². The topological polar surface area (TPSA) is 99.7 Å². The lowest BCUT2D eigenvalue weighted by Gasteiger charge is -2.25. The van der Waals surface area contributed by atoms with Crippen LogP contribution in [0.4, 0.5) is 24.7 Å². The Bertz CT molecular complexity index is 1410. The molecule has 5 rings (SSSR count). The lowest BCUT2D eigenvalue weighted by Crippen LogP contribution is -2.31. The number of aromatic nitrogens is 2. The lowest BCUT2D eigenvalue weighted by molar-refractivity contribution is -0.126. The van der Waals surface area contributed by atoms with Gasteiger partial charge in [-0.3, -0.25) is 9.62 Å². The molecule has 3 aromatic rings. The van der Waals surface area contributed by atoms with E-state index in [0.29, 0.717) is 21.7 Å². The number of hydrogen-bond acceptors (Lipinski definition) is 8. The van der Waals surface area contributed by atoms with Crippen LogP contribution in [0.1, 0.15) is 23.3 Å². The number of rotatable bonds is 8. The van der Waals surface area contributed by atoms with Gasteiger partial charge in [0.15, 0.2) is 0 Å². The summed E-state index contributed by atoms with van der Waals surface area (Å²) in [7, 11) is -0.755. The van der Waals surface area contributed by atoms with E-state index in [2.05, 4.69) is 29.2 Å². The van der Waals surface area contributed by atoms with Crippen LogP contribution in [0.25, 0.3) is 10.2 Å². The molecule has 38 heavy (non-hydrogen) atoms. The van der Waals surface area contributed by atoms with Crippen molar-refractivity contribution in [3.63, 3.8) is 0 Å². The van der Waals surface area contributed by atoms with Crippen molar-refractivity contribution in [3.8, 4) is 6.01 Å². The Balaban J connectivity index is 1.27. The van der Waals surface area contributed by atoms with Crippen LogP contribution in [-0.2, 0) is 23.2 Å². The summed E-state index contributed by atoms with van der Waals surface area (Å²) < 4.78 is 72.3.